The highest BCUT2D eigenvalue weighted by molar-refractivity contribution is 5.87. The Morgan fingerprint density at radius 2 is 1.39 bits per heavy atom. The smallest absolute Gasteiger partial charge is 0.243 e. The average Bonchev–Trinajstić information content (AvgIpc) is 2.84. The molecule has 2 amide bonds. The molecule has 0 heterocycles. The maximum absolute atomic E-state index is 11.2. The third kappa shape index (κ3) is 10.5. The van der Waals surface area contributed by atoms with Crippen molar-refractivity contribution >= 4 is 11.8 Å². The van der Waals surface area contributed by atoms with Gasteiger partial charge in [-0.25, -0.2) is 0 Å². The minimum absolute atomic E-state index is 0.158. The zero-order valence-electron chi connectivity index (χ0n) is 19.2. The molecule has 6 heteroatoms. The molecule has 176 valence electrons. The van der Waals surface area contributed by atoms with Gasteiger partial charge in [-0.05, 0) is 55.0 Å². The molecule has 0 atom stereocenters. The summed E-state index contributed by atoms with van der Waals surface area (Å²) in [7, 11) is 0. The second-order valence-corrected chi connectivity index (χ2v) is 7.53. The lowest BCUT2D eigenvalue weighted by molar-refractivity contribution is -0.117. The van der Waals surface area contributed by atoms with Crippen LogP contribution in [0.2, 0.25) is 0 Å². The molecule has 2 aromatic rings. The highest BCUT2D eigenvalue weighted by Gasteiger charge is 2.08. The monoisotopic (exact) mass is 450 g/mol. The topological polar surface area (TPSA) is 76.7 Å². The van der Waals surface area contributed by atoms with Crippen molar-refractivity contribution in [2.45, 2.75) is 32.1 Å². The Balaban J connectivity index is 1.88. The molecule has 0 aromatic heterocycles. The Kier molecular flexibility index (Phi) is 11.9. The van der Waals surface area contributed by atoms with E-state index in [2.05, 4.69) is 35.9 Å². The molecule has 0 spiro atoms. The quantitative estimate of drug-likeness (QED) is 0.297. The molecular weight excluding hydrogens is 416 g/mol. The molecule has 0 unspecified atom stereocenters. The van der Waals surface area contributed by atoms with Crippen LogP contribution in [0, 0.1) is 0 Å². The third-order valence-corrected chi connectivity index (χ3v) is 4.91. The summed E-state index contributed by atoms with van der Waals surface area (Å²) in [5.74, 6) is 1.25. The summed E-state index contributed by atoms with van der Waals surface area (Å²) < 4.78 is 12.0. The summed E-state index contributed by atoms with van der Waals surface area (Å²) in [6.07, 6.45) is 6.62. The second kappa shape index (κ2) is 15.3. The Hall–Kier alpha value is -3.54. The molecule has 33 heavy (non-hydrogen) atoms. The Morgan fingerprint density at radius 1 is 0.788 bits per heavy atom. The van der Waals surface area contributed by atoms with Crippen molar-refractivity contribution in [1.29, 1.82) is 0 Å². The van der Waals surface area contributed by atoms with Crippen LogP contribution in [0.3, 0.4) is 0 Å². The van der Waals surface area contributed by atoms with Crippen LogP contribution < -0.4 is 20.1 Å². The van der Waals surface area contributed by atoms with E-state index in [0.717, 1.165) is 49.2 Å². The summed E-state index contributed by atoms with van der Waals surface area (Å²) in [6.45, 7) is 9.20. The number of nitrogens with one attached hydrogen (secondary N) is 2. The van der Waals surface area contributed by atoms with Crippen LogP contribution in [0.4, 0.5) is 0 Å². The lowest BCUT2D eigenvalue weighted by Crippen LogP contribution is -2.22. The van der Waals surface area contributed by atoms with E-state index in [1.54, 1.807) is 0 Å². The van der Waals surface area contributed by atoms with Crippen molar-refractivity contribution in [2.24, 2.45) is 0 Å². The molecule has 0 saturated carbocycles. The standard InChI is InChI=1S/C27H34N2O4/c1-3-26(30)28-16-8-10-18-32-24-15-14-23(20-22-12-6-5-7-13-22)25(21-24)33-19-11-9-17-29-27(31)4-2/h3-7,12-15,21H,1-2,8-11,16-20H2,(H,28,30)(H,29,31). The molecule has 0 radical (unpaired) electrons. The summed E-state index contributed by atoms with van der Waals surface area (Å²) in [5.41, 5.74) is 2.31. The first-order valence-electron chi connectivity index (χ1n) is 11.4. The number of ether oxygens (including phenoxy) is 2. The van der Waals surface area contributed by atoms with Crippen molar-refractivity contribution < 1.29 is 19.1 Å². The predicted molar refractivity (Wildman–Crippen MR) is 132 cm³/mol. The van der Waals surface area contributed by atoms with E-state index in [0.29, 0.717) is 26.3 Å². The van der Waals surface area contributed by atoms with Gasteiger partial charge in [-0.15, -0.1) is 0 Å². The molecule has 0 aliphatic rings. The number of carbonyl (C=O) groups is 2. The maximum Gasteiger partial charge on any atom is 0.243 e. The largest absolute Gasteiger partial charge is 0.493 e. The summed E-state index contributed by atoms with van der Waals surface area (Å²) in [6, 6.07) is 16.2. The lowest BCUT2D eigenvalue weighted by Gasteiger charge is -2.14. The van der Waals surface area contributed by atoms with Crippen molar-refractivity contribution in [3.63, 3.8) is 0 Å². The van der Waals surface area contributed by atoms with Gasteiger partial charge in [-0.3, -0.25) is 9.59 Å². The number of carbonyl (C=O) groups excluding carboxylic acids is 2. The van der Waals surface area contributed by atoms with Crippen molar-refractivity contribution in [3.8, 4) is 11.5 Å². The number of amides is 2. The number of hydrogen-bond acceptors (Lipinski definition) is 4. The highest BCUT2D eigenvalue weighted by atomic mass is 16.5. The molecule has 2 rings (SSSR count). The molecule has 2 N–H and O–H groups in total. The Morgan fingerprint density at radius 3 is 2.00 bits per heavy atom. The van der Waals surface area contributed by atoms with Crippen LogP contribution in [0.25, 0.3) is 0 Å². The minimum Gasteiger partial charge on any atom is -0.493 e. The van der Waals surface area contributed by atoms with E-state index >= 15 is 0 Å². The third-order valence-electron chi connectivity index (χ3n) is 4.91. The van der Waals surface area contributed by atoms with Crippen molar-refractivity contribution in [3.05, 3.63) is 85.0 Å². The van der Waals surface area contributed by atoms with Crippen LogP contribution in [-0.2, 0) is 16.0 Å². The number of hydrogen-bond donors (Lipinski definition) is 2. The van der Waals surface area contributed by atoms with Crippen molar-refractivity contribution in [1.82, 2.24) is 10.6 Å². The van der Waals surface area contributed by atoms with Crippen LogP contribution >= 0.6 is 0 Å². The van der Waals surface area contributed by atoms with Crippen LogP contribution in [0.5, 0.6) is 11.5 Å². The SMILES string of the molecule is C=CC(=O)NCCCCOc1ccc(Cc2ccccc2)c(OCCCCNC(=O)C=C)c1. The summed E-state index contributed by atoms with van der Waals surface area (Å²) >= 11 is 0. The average molecular weight is 451 g/mol. The zero-order chi connectivity index (χ0) is 23.7. The summed E-state index contributed by atoms with van der Waals surface area (Å²) in [4.78, 5) is 22.4. The summed E-state index contributed by atoms with van der Waals surface area (Å²) in [5, 5.41) is 5.53. The first kappa shape index (κ1) is 25.7. The molecule has 0 saturated heterocycles. The van der Waals surface area contributed by atoms with Crippen LogP contribution in [0.1, 0.15) is 36.8 Å². The van der Waals surface area contributed by atoms with Gasteiger partial charge in [0, 0.05) is 25.6 Å². The van der Waals surface area contributed by atoms with Crippen LogP contribution in [-0.4, -0.2) is 38.1 Å². The van der Waals surface area contributed by atoms with E-state index < -0.39 is 0 Å². The van der Waals surface area contributed by atoms with Gasteiger partial charge < -0.3 is 20.1 Å². The van der Waals surface area contributed by atoms with E-state index in [1.165, 1.54) is 17.7 Å². The fourth-order valence-corrected chi connectivity index (χ4v) is 3.11. The lowest BCUT2D eigenvalue weighted by atomic mass is 10.0. The second-order valence-electron chi connectivity index (χ2n) is 7.53. The van der Waals surface area contributed by atoms with E-state index in [1.807, 2.05) is 36.4 Å². The van der Waals surface area contributed by atoms with E-state index in [-0.39, 0.29) is 11.8 Å². The van der Waals surface area contributed by atoms with Gasteiger partial charge in [0.15, 0.2) is 0 Å². The number of unbranched alkanes of at least 4 members (excludes halogenated alkanes) is 2. The van der Waals surface area contributed by atoms with Gasteiger partial charge in [0.1, 0.15) is 11.5 Å². The van der Waals surface area contributed by atoms with E-state index in [9.17, 15) is 9.59 Å². The maximum atomic E-state index is 11.2. The molecule has 0 fully saturated rings. The Bertz CT molecular complexity index is 896. The predicted octanol–water partition coefficient (Wildman–Crippen LogP) is 4.20. The molecule has 2 aromatic carbocycles. The fourth-order valence-electron chi connectivity index (χ4n) is 3.11. The zero-order valence-corrected chi connectivity index (χ0v) is 19.2. The number of benzene rings is 2. The van der Waals surface area contributed by atoms with Gasteiger partial charge in [-0.1, -0.05) is 49.6 Å². The fraction of sp³-hybridized carbons (Fsp3) is 0.333. The molecular formula is C27H34N2O4. The molecule has 6 nitrogen and oxygen atoms in total. The Labute approximate surface area is 196 Å². The first-order valence-corrected chi connectivity index (χ1v) is 11.4. The molecule has 0 aliphatic heterocycles. The van der Waals surface area contributed by atoms with Gasteiger partial charge in [0.25, 0.3) is 0 Å². The van der Waals surface area contributed by atoms with E-state index in [4.69, 9.17) is 9.47 Å². The molecule has 0 bridgehead atoms. The van der Waals surface area contributed by atoms with Crippen molar-refractivity contribution in [2.75, 3.05) is 26.3 Å². The normalized spacial score (nSPS) is 10.2. The van der Waals surface area contributed by atoms with Crippen LogP contribution in [0.15, 0.2) is 73.8 Å². The van der Waals surface area contributed by atoms with Gasteiger partial charge in [0.05, 0.1) is 13.2 Å². The highest BCUT2D eigenvalue weighted by Crippen LogP contribution is 2.27. The molecule has 0 aliphatic carbocycles. The van der Waals surface area contributed by atoms with Gasteiger partial charge >= 0.3 is 0 Å². The van der Waals surface area contributed by atoms with Gasteiger partial charge in [-0.2, -0.15) is 0 Å². The number of rotatable bonds is 16. The minimum atomic E-state index is -0.158. The first-order chi connectivity index (χ1) is 16.1. The van der Waals surface area contributed by atoms with Gasteiger partial charge in [0.2, 0.25) is 11.8 Å².